The first kappa shape index (κ1) is 17.7. The van der Waals surface area contributed by atoms with Crippen molar-refractivity contribution in [3.63, 3.8) is 0 Å². The van der Waals surface area contributed by atoms with Gasteiger partial charge in [-0.1, -0.05) is 20.8 Å². The van der Waals surface area contributed by atoms with Crippen molar-refractivity contribution in [3.8, 4) is 0 Å². The molecule has 5 nitrogen and oxygen atoms in total. The van der Waals surface area contributed by atoms with Gasteiger partial charge in [0, 0.05) is 19.5 Å². The Balaban J connectivity index is 0. The summed E-state index contributed by atoms with van der Waals surface area (Å²) in [4.78, 5) is 9.00. The lowest BCUT2D eigenvalue weighted by Crippen LogP contribution is -2.56. The quantitative estimate of drug-likeness (QED) is 0.544. The zero-order chi connectivity index (χ0) is 12.1. The molecule has 1 aliphatic rings. The summed E-state index contributed by atoms with van der Waals surface area (Å²) in [6.07, 6.45) is 1.17. The average Bonchev–Trinajstić information content (AvgIpc) is 2.13. The Morgan fingerprint density at radius 1 is 1.62 bits per heavy atom. The van der Waals surface area contributed by atoms with E-state index in [1.54, 1.807) is 0 Å². The Morgan fingerprint density at radius 2 is 2.06 bits per heavy atom. The molecule has 1 heterocycles. The van der Waals surface area contributed by atoms with E-state index in [1.807, 2.05) is 0 Å². The molecular formula is C11H27N3O2. The normalized spacial score (nSPS) is 33.1. The number of carboxylic acid groups (broad SMARTS) is 1. The number of aliphatic carboxylic acids is 1. The van der Waals surface area contributed by atoms with Crippen LogP contribution >= 0.6 is 0 Å². The van der Waals surface area contributed by atoms with Crippen molar-refractivity contribution < 1.29 is 9.90 Å². The maximum absolute atomic E-state index is 9.00. The maximum atomic E-state index is 9.00. The highest BCUT2D eigenvalue weighted by Crippen LogP contribution is 2.30. The third-order valence-electron chi connectivity index (χ3n) is 3.22. The van der Waals surface area contributed by atoms with Crippen LogP contribution in [0.15, 0.2) is 0 Å². The molecule has 0 saturated carbocycles. The van der Waals surface area contributed by atoms with E-state index in [0.717, 1.165) is 20.0 Å². The molecule has 98 valence electrons. The number of hydrogen-bond acceptors (Lipinski definition) is 4. The zero-order valence-electron chi connectivity index (χ0n) is 10.9. The van der Waals surface area contributed by atoms with Crippen LogP contribution in [-0.2, 0) is 4.79 Å². The monoisotopic (exact) mass is 233 g/mol. The molecule has 0 aromatic carbocycles. The molecule has 1 rings (SSSR count). The molecule has 0 aromatic rings. The minimum Gasteiger partial charge on any atom is -0.481 e. The van der Waals surface area contributed by atoms with Crippen LogP contribution in [0.2, 0.25) is 0 Å². The predicted octanol–water partition coefficient (Wildman–Crippen LogP) is 1.22. The number of hydrogen-bond donors (Lipinski definition) is 4. The molecule has 0 spiro atoms. The van der Waals surface area contributed by atoms with Crippen molar-refractivity contribution >= 4 is 5.97 Å². The Hall–Kier alpha value is -0.650. The molecule has 16 heavy (non-hydrogen) atoms. The van der Waals surface area contributed by atoms with E-state index in [4.69, 9.17) is 15.6 Å². The predicted molar refractivity (Wildman–Crippen MR) is 66.7 cm³/mol. The van der Waals surface area contributed by atoms with Gasteiger partial charge in [0.1, 0.15) is 0 Å². The maximum Gasteiger partial charge on any atom is 0.300 e. The van der Waals surface area contributed by atoms with Gasteiger partial charge in [0.05, 0.1) is 0 Å². The molecule has 0 aliphatic carbocycles. The Morgan fingerprint density at radius 3 is 2.38 bits per heavy atom. The molecule has 0 bridgehead atoms. The fraction of sp³-hybridized carbons (Fsp3) is 0.909. The summed E-state index contributed by atoms with van der Waals surface area (Å²) in [5, 5.41) is 10.8. The van der Waals surface area contributed by atoms with Crippen molar-refractivity contribution in [2.75, 3.05) is 13.1 Å². The van der Waals surface area contributed by atoms with Crippen molar-refractivity contribution in [1.82, 2.24) is 11.5 Å². The van der Waals surface area contributed by atoms with Crippen molar-refractivity contribution in [2.45, 2.75) is 40.2 Å². The van der Waals surface area contributed by atoms with E-state index in [9.17, 15) is 0 Å². The second-order valence-corrected chi connectivity index (χ2v) is 4.66. The van der Waals surface area contributed by atoms with Crippen LogP contribution in [0.3, 0.4) is 0 Å². The highest BCUT2D eigenvalue weighted by atomic mass is 16.4. The number of carbonyl (C=O) groups is 1. The van der Waals surface area contributed by atoms with Crippen LogP contribution in [0.1, 0.15) is 34.1 Å². The van der Waals surface area contributed by atoms with Crippen LogP contribution in [0.25, 0.3) is 0 Å². The van der Waals surface area contributed by atoms with Crippen LogP contribution in [0.4, 0.5) is 0 Å². The minimum atomic E-state index is -0.833. The number of nitrogens with one attached hydrogen (secondary N) is 1. The van der Waals surface area contributed by atoms with Gasteiger partial charge in [-0.3, -0.25) is 4.79 Å². The van der Waals surface area contributed by atoms with Crippen molar-refractivity contribution in [2.24, 2.45) is 17.1 Å². The van der Waals surface area contributed by atoms with Gasteiger partial charge in [0.15, 0.2) is 0 Å². The first-order chi connectivity index (χ1) is 6.83. The lowest BCUT2D eigenvalue weighted by molar-refractivity contribution is -0.134. The highest BCUT2D eigenvalue weighted by Gasteiger charge is 2.36. The van der Waals surface area contributed by atoms with E-state index in [0.29, 0.717) is 17.4 Å². The van der Waals surface area contributed by atoms with Gasteiger partial charge < -0.3 is 22.3 Å². The molecule has 3 atom stereocenters. The summed E-state index contributed by atoms with van der Waals surface area (Å²) in [7, 11) is 0. The van der Waals surface area contributed by atoms with Gasteiger partial charge in [-0.2, -0.15) is 0 Å². The number of carboxylic acids is 1. The first-order valence-corrected chi connectivity index (χ1v) is 5.49. The fourth-order valence-electron chi connectivity index (χ4n) is 1.88. The van der Waals surface area contributed by atoms with E-state index >= 15 is 0 Å². The third-order valence-corrected chi connectivity index (χ3v) is 3.22. The van der Waals surface area contributed by atoms with E-state index < -0.39 is 5.97 Å². The summed E-state index contributed by atoms with van der Waals surface area (Å²) < 4.78 is 0. The van der Waals surface area contributed by atoms with Crippen LogP contribution in [-0.4, -0.2) is 30.2 Å². The van der Waals surface area contributed by atoms with Gasteiger partial charge in [-0.25, -0.2) is 0 Å². The molecule has 0 aromatic heterocycles. The topological polar surface area (TPSA) is 110 Å². The van der Waals surface area contributed by atoms with Gasteiger partial charge >= 0.3 is 0 Å². The van der Waals surface area contributed by atoms with E-state index in [-0.39, 0.29) is 6.15 Å². The SMILES string of the molecule is CC(=O)O.CCC1(C)CNCC(C)C1N.N. The Kier molecular flexibility index (Phi) is 8.42. The van der Waals surface area contributed by atoms with Crippen LogP contribution < -0.4 is 17.2 Å². The summed E-state index contributed by atoms with van der Waals surface area (Å²) in [5.74, 6) is -0.214. The van der Waals surface area contributed by atoms with Crippen molar-refractivity contribution in [1.29, 1.82) is 0 Å². The second-order valence-electron chi connectivity index (χ2n) is 4.66. The van der Waals surface area contributed by atoms with Crippen molar-refractivity contribution in [3.05, 3.63) is 0 Å². The molecule has 1 aliphatic heterocycles. The third kappa shape index (κ3) is 5.44. The van der Waals surface area contributed by atoms with E-state index in [2.05, 4.69) is 26.1 Å². The van der Waals surface area contributed by atoms with Gasteiger partial charge in [0.25, 0.3) is 5.97 Å². The largest absolute Gasteiger partial charge is 0.481 e. The van der Waals surface area contributed by atoms with Gasteiger partial charge in [-0.15, -0.1) is 0 Å². The molecule has 3 unspecified atom stereocenters. The molecule has 5 heteroatoms. The number of nitrogens with two attached hydrogens (primary N) is 1. The van der Waals surface area contributed by atoms with Gasteiger partial charge in [-0.05, 0) is 24.3 Å². The Bertz CT molecular complexity index is 207. The van der Waals surface area contributed by atoms with Crippen LogP contribution in [0.5, 0.6) is 0 Å². The number of piperidine rings is 1. The van der Waals surface area contributed by atoms with E-state index in [1.165, 1.54) is 6.42 Å². The molecule has 7 N–H and O–H groups in total. The summed E-state index contributed by atoms with van der Waals surface area (Å²) in [5.41, 5.74) is 6.44. The average molecular weight is 233 g/mol. The Labute approximate surface area is 98.4 Å². The minimum absolute atomic E-state index is 0. The lowest BCUT2D eigenvalue weighted by Gasteiger charge is -2.43. The smallest absolute Gasteiger partial charge is 0.300 e. The summed E-state index contributed by atoms with van der Waals surface area (Å²) in [6.45, 7) is 9.97. The second kappa shape index (κ2) is 7.60. The molecule has 0 amide bonds. The molecule has 0 radical (unpaired) electrons. The zero-order valence-corrected chi connectivity index (χ0v) is 10.9. The lowest BCUT2D eigenvalue weighted by atomic mass is 9.72. The van der Waals surface area contributed by atoms with Gasteiger partial charge in [0.2, 0.25) is 0 Å². The molecule has 1 saturated heterocycles. The van der Waals surface area contributed by atoms with Crippen LogP contribution in [0, 0.1) is 11.3 Å². The highest BCUT2D eigenvalue weighted by molar-refractivity contribution is 5.62. The standard InChI is InChI=1S/C9H20N2.C2H4O2.H3N/c1-4-9(3)6-11-5-7(2)8(9)10;1-2(3)4;/h7-8,11H,4-6,10H2,1-3H3;1H3,(H,3,4);1H3. The molecule has 1 fully saturated rings. The fourth-order valence-corrected chi connectivity index (χ4v) is 1.88. The number of rotatable bonds is 1. The molecular weight excluding hydrogens is 206 g/mol. The first-order valence-electron chi connectivity index (χ1n) is 5.49. The summed E-state index contributed by atoms with van der Waals surface area (Å²) >= 11 is 0. The summed E-state index contributed by atoms with van der Waals surface area (Å²) in [6, 6.07) is 0.369.